The highest BCUT2D eigenvalue weighted by atomic mass is 35.5. The van der Waals surface area contributed by atoms with Gasteiger partial charge in [0.25, 0.3) is 0 Å². The number of nitrogens with two attached hydrogens (primary N) is 1. The van der Waals surface area contributed by atoms with Crippen molar-refractivity contribution in [2.45, 2.75) is 6.04 Å². The molecule has 0 radical (unpaired) electrons. The smallest absolute Gasteiger partial charge is 0.327 e. The van der Waals surface area contributed by atoms with Crippen LogP contribution < -0.4 is 5.73 Å². The van der Waals surface area contributed by atoms with Crippen molar-refractivity contribution < 1.29 is 24.0 Å². The van der Waals surface area contributed by atoms with Crippen molar-refractivity contribution in [1.82, 2.24) is 0 Å². The molecule has 0 heterocycles. The highest BCUT2D eigenvalue weighted by Crippen LogP contribution is 2.34. The van der Waals surface area contributed by atoms with E-state index < -0.39 is 39.8 Å². The maximum absolute atomic E-state index is 13.1. The molecule has 18 heavy (non-hydrogen) atoms. The van der Waals surface area contributed by atoms with Crippen molar-refractivity contribution in [3.8, 4) is 5.75 Å². The molecule has 1 atom stereocenters. The van der Waals surface area contributed by atoms with Crippen molar-refractivity contribution in [3.05, 3.63) is 33.6 Å². The zero-order valence-corrected chi connectivity index (χ0v) is 9.94. The number of phenolic OH excluding ortho intramolecular Hbond substituents is 1. The fourth-order valence-corrected chi connectivity index (χ4v) is 1.24. The largest absolute Gasteiger partial charge is 0.502 e. The van der Waals surface area contributed by atoms with Gasteiger partial charge in [-0.1, -0.05) is 0 Å². The zero-order valence-electron chi connectivity index (χ0n) is 9.12. The monoisotopic (exact) mass is 280 g/mol. The van der Waals surface area contributed by atoms with Crippen LogP contribution in [0.5, 0.6) is 5.75 Å². The Bertz CT molecular complexity index is 482. The first-order valence-electron chi connectivity index (χ1n) is 4.38. The van der Waals surface area contributed by atoms with Gasteiger partial charge in [-0.3, -0.25) is 14.9 Å². The number of carbonyl (C=O) groups is 1. The SMILES string of the molecule is COC(=O)[C@H](N)c1cc(F)cc([N+](=O)[O-])c1O.Cl. The lowest BCUT2D eigenvalue weighted by atomic mass is 10.1. The number of benzene rings is 1. The number of aromatic hydroxyl groups is 1. The molecule has 3 N–H and O–H groups in total. The fraction of sp³-hybridized carbons (Fsp3) is 0.222. The van der Waals surface area contributed by atoms with E-state index in [0.717, 1.165) is 13.2 Å². The van der Waals surface area contributed by atoms with Crippen molar-refractivity contribution >= 4 is 24.1 Å². The lowest BCUT2D eigenvalue weighted by molar-refractivity contribution is -0.386. The number of nitro groups is 1. The highest BCUT2D eigenvalue weighted by molar-refractivity contribution is 5.85. The molecule has 100 valence electrons. The molecule has 9 heteroatoms. The second-order valence-corrected chi connectivity index (χ2v) is 3.12. The number of ether oxygens (including phenoxy) is 1. The van der Waals surface area contributed by atoms with Gasteiger partial charge in [-0.25, -0.2) is 4.39 Å². The molecule has 0 aliphatic carbocycles. The Hall–Kier alpha value is -1.93. The number of hydrogen-bond donors (Lipinski definition) is 2. The van der Waals surface area contributed by atoms with Gasteiger partial charge < -0.3 is 15.6 Å². The summed E-state index contributed by atoms with van der Waals surface area (Å²) in [5.41, 5.74) is 4.10. The number of esters is 1. The minimum Gasteiger partial charge on any atom is -0.502 e. The Morgan fingerprint density at radius 2 is 2.17 bits per heavy atom. The number of hydrogen-bond acceptors (Lipinski definition) is 6. The van der Waals surface area contributed by atoms with E-state index in [1.54, 1.807) is 0 Å². The minimum absolute atomic E-state index is 0. The molecule has 0 aromatic heterocycles. The van der Waals surface area contributed by atoms with Gasteiger partial charge in [0.05, 0.1) is 18.1 Å². The van der Waals surface area contributed by atoms with Crippen LogP contribution in [0.15, 0.2) is 12.1 Å². The molecule has 0 unspecified atom stereocenters. The molecule has 1 aromatic rings. The molecule has 0 bridgehead atoms. The average Bonchev–Trinajstić information content (AvgIpc) is 2.29. The van der Waals surface area contributed by atoms with E-state index in [-0.39, 0.29) is 12.4 Å². The number of nitrogens with zero attached hydrogens (tertiary/aromatic N) is 1. The molecule has 0 amide bonds. The van der Waals surface area contributed by atoms with E-state index in [0.29, 0.717) is 6.07 Å². The molecular weight excluding hydrogens is 271 g/mol. The normalized spacial score (nSPS) is 11.3. The van der Waals surface area contributed by atoms with Crippen molar-refractivity contribution in [2.24, 2.45) is 5.73 Å². The zero-order chi connectivity index (χ0) is 13.2. The van der Waals surface area contributed by atoms with E-state index in [1.165, 1.54) is 0 Å². The van der Waals surface area contributed by atoms with Crippen molar-refractivity contribution in [1.29, 1.82) is 0 Å². The van der Waals surface area contributed by atoms with E-state index in [1.807, 2.05) is 0 Å². The van der Waals surface area contributed by atoms with Crippen LogP contribution in [0.25, 0.3) is 0 Å². The van der Waals surface area contributed by atoms with Gasteiger partial charge in [0.15, 0.2) is 5.75 Å². The Morgan fingerprint density at radius 1 is 1.61 bits per heavy atom. The Kier molecular flexibility index (Phi) is 5.47. The summed E-state index contributed by atoms with van der Waals surface area (Å²) in [4.78, 5) is 20.6. The number of phenols is 1. The van der Waals surface area contributed by atoms with Crippen LogP contribution in [-0.2, 0) is 9.53 Å². The Labute approximate surface area is 107 Å². The number of methoxy groups -OCH3 is 1. The predicted octanol–water partition coefficient (Wildman–Crippen LogP) is 1.03. The maximum Gasteiger partial charge on any atom is 0.327 e. The number of halogens is 2. The predicted molar refractivity (Wildman–Crippen MR) is 60.9 cm³/mol. The summed E-state index contributed by atoms with van der Waals surface area (Å²) in [6.07, 6.45) is 0. The molecule has 0 spiro atoms. The number of nitro benzene ring substituents is 1. The second kappa shape index (κ2) is 6.12. The summed E-state index contributed by atoms with van der Waals surface area (Å²) < 4.78 is 17.4. The number of carbonyl (C=O) groups excluding carboxylic acids is 1. The molecule has 0 aliphatic rings. The van der Waals surface area contributed by atoms with Gasteiger partial charge in [0.1, 0.15) is 11.9 Å². The van der Waals surface area contributed by atoms with E-state index in [2.05, 4.69) is 4.74 Å². The van der Waals surface area contributed by atoms with Crippen molar-refractivity contribution in [2.75, 3.05) is 7.11 Å². The summed E-state index contributed by atoms with van der Waals surface area (Å²) in [6, 6.07) is -0.221. The molecule has 7 nitrogen and oxygen atoms in total. The standard InChI is InChI=1S/C9H9FN2O5.ClH/c1-17-9(14)7(11)5-2-4(10)3-6(8(5)13)12(15)16;/h2-3,7,13H,11H2,1H3;1H/t7-;/m1./s1. The third kappa shape index (κ3) is 3.05. The van der Waals surface area contributed by atoms with E-state index >= 15 is 0 Å². The summed E-state index contributed by atoms with van der Waals surface area (Å²) in [7, 11) is 1.05. The quantitative estimate of drug-likeness (QED) is 0.485. The van der Waals surface area contributed by atoms with Gasteiger partial charge in [0, 0.05) is 5.56 Å². The first-order chi connectivity index (χ1) is 7.88. The van der Waals surface area contributed by atoms with Gasteiger partial charge >= 0.3 is 11.7 Å². The molecule has 0 aliphatic heterocycles. The van der Waals surface area contributed by atoms with Crippen LogP contribution >= 0.6 is 12.4 Å². The third-order valence-electron chi connectivity index (χ3n) is 2.07. The molecule has 0 fully saturated rings. The van der Waals surface area contributed by atoms with Gasteiger partial charge in [-0.2, -0.15) is 0 Å². The lowest BCUT2D eigenvalue weighted by Crippen LogP contribution is -2.23. The maximum atomic E-state index is 13.1. The van der Waals surface area contributed by atoms with Crippen LogP contribution in [0.1, 0.15) is 11.6 Å². The average molecular weight is 281 g/mol. The summed E-state index contributed by atoms with van der Waals surface area (Å²) in [5, 5.41) is 20.0. The van der Waals surface area contributed by atoms with Crippen molar-refractivity contribution in [3.63, 3.8) is 0 Å². The molecule has 1 rings (SSSR count). The minimum atomic E-state index is -1.49. The summed E-state index contributed by atoms with van der Waals surface area (Å²) >= 11 is 0. The highest BCUT2D eigenvalue weighted by Gasteiger charge is 2.27. The van der Waals surface area contributed by atoms with Gasteiger partial charge in [0.2, 0.25) is 0 Å². The first-order valence-corrected chi connectivity index (χ1v) is 4.38. The van der Waals surface area contributed by atoms with Crippen LogP contribution in [0.4, 0.5) is 10.1 Å². The third-order valence-corrected chi connectivity index (χ3v) is 2.07. The van der Waals surface area contributed by atoms with Gasteiger partial charge in [-0.05, 0) is 6.07 Å². The topological polar surface area (TPSA) is 116 Å². The molecule has 0 saturated heterocycles. The fourth-order valence-electron chi connectivity index (χ4n) is 1.24. The number of rotatable bonds is 3. The molecule has 0 saturated carbocycles. The van der Waals surface area contributed by atoms with Crippen LogP contribution in [0, 0.1) is 15.9 Å². The summed E-state index contributed by atoms with van der Waals surface area (Å²) in [6.45, 7) is 0. The molecular formula is C9H10ClFN2O5. The molecule has 1 aromatic carbocycles. The first kappa shape index (κ1) is 16.1. The van der Waals surface area contributed by atoms with Crippen LogP contribution in [0.2, 0.25) is 0 Å². The second-order valence-electron chi connectivity index (χ2n) is 3.12. The Balaban J connectivity index is 0.00000289. The van der Waals surface area contributed by atoms with Gasteiger partial charge in [-0.15, -0.1) is 12.4 Å². The van der Waals surface area contributed by atoms with E-state index in [4.69, 9.17) is 5.73 Å². The van der Waals surface area contributed by atoms with Crippen LogP contribution in [-0.4, -0.2) is 23.1 Å². The van der Waals surface area contributed by atoms with Crippen LogP contribution in [0.3, 0.4) is 0 Å². The summed E-state index contributed by atoms with van der Waals surface area (Å²) in [5.74, 6) is -2.78. The van der Waals surface area contributed by atoms with E-state index in [9.17, 15) is 24.4 Å². The lowest BCUT2D eigenvalue weighted by Gasteiger charge is -2.11. The Morgan fingerprint density at radius 3 is 2.61 bits per heavy atom.